The van der Waals surface area contributed by atoms with Crippen molar-refractivity contribution in [3.8, 4) is 0 Å². The molecular weight excluding hydrogens is 322 g/mol. The number of hydrogen-bond acceptors (Lipinski definition) is 4. The zero-order chi connectivity index (χ0) is 16.5. The van der Waals surface area contributed by atoms with Gasteiger partial charge < -0.3 is 0 Å². The normalized spacial score (nSPS) is 12.1. The lowest BCUT2D eigenvalue weighted by Crippen LogP contribution is -2.14. The Labute approximate surface area is 131 Å². The van der Waals surface area contributed by atoms with Crippen molar-refractivity contribution >= 4 is 25.5 Å². The van der Waals surface area contributed by atoms with Gasteiger partial charge in [-0.3, -0.25) is 4.72 Å². The maximum Gasteiger partial charge on any atom is 0.261 e. The minimum absolute atomic E-state index is 0.0138. The van der Waals surface area contributed by atoms with Gasteiger partial charge in [0.1, 0.15) is 0 Å². The third-order valence-electron chi connectivity index (χ3n) is 3.19. The molecule has 5 nitrogen and oxygen atoms in total. The first kappa shape index (κ1) is 16.5. The van der Waals surface area contributed by atoms with Gasteiger partial charge in [-0.15, -0.1) is 0 Å². The molecule has 0 spiro atoms. The average Bonchev–Trinajstić information content (AvgIpc) is 2.41. The summed E-state index contributed by atoms with van der Waals surface area (Å²) in [6.07, 6.45) is 1.07. The second kappa shape index (κ2) is 5.73. The number of sulfonamides is 1. The van der Waals surface area contributed by atoms with E-state index in [-0.39, 0.29) is 9.79 Å². The van der Waals surface area contributed by atoms with E-state index in [0.29, 0.717) is 5.69 Å². The van der Waals surface area contributed by atoms with Crippen molar-refractivity contribution < 1.29 is 16.8 Å². The predicted molar refractivity (Wildman–Crippen MR) is 86.3 cm³/mol. The first-order chi connectivity index (χ1) is 10.1. The molecule has 2 aromatic rings. The molecule has 0 radical (unpaired) electrons. The van der Waals surface area contributed by atoms with Crippen LogP contribution in [0.1, 0.15) is 11.1 Å². The van der Waals surface area contributed by atoms with E-state index < -0.39 is 19.9 Å². The van der Waals surface area contributed by atoms with Crippen LogP contribution >= 0.6 is 0 Å². The van der Waals surface area contributed by atoms with Gasteiger partial charge in [0, 0.05) is 6.26 Å². The summed E-state index contributed by atoms with van der Waals surface area (Å²) in [5, 5.41) is 0. The molecule has 22 heavy (non-hydrogen) atoms. The molecule has 0 amide bonds. The molecule has 0 aliphatic heterocycles. The van der Waals surface area contributed by atoms with Crippen molar-refractivity contribution in [2.75, 3.05) is 11.0 Å². The Balaban J connectivity index is 2.34. The van der Waals surface area contributed by atoms with E-state index in [1.165, 1.54) is 24.3 Å². The molecule has 0 fully saturated rings. The summed E-state index contributed by atoms with van der Waals surface area (Å²) in [4.78, 5) is 0.0952. The minimum atomic E-state index is -3.76. The summed E-state index contributed by atoms with van der Waals surface area (Å²) in [7, 11) is -7.11. The number of sulfone groups is 1. The van der Waals surface area contributed by atoms with Crippen LogP contribution in [0, 0.1) is 13.8 Å². The molecule has 0 unspecified atom stereocenters. The van der Waals surface area contributed by atoms with Crippen LogP contribution in [-0.4, -0.2) is 23.1 Å². The van der Waals surface area contributed by atoms with Crippen LogP contribution < -0.4 is 4.72 Å². The molecule has 0 aromatic heterocycles. The van der Waals surface area contributed by atoms with Gasteiger partial charge in [0.05, 0.1) is 15.5 Å². The van der Waals surface area contributed by atoms with Crippen LogP contribution in [-0.2, 0) is 19.9 Å². The van der Waals surface area contributed by atoms with E-state index in [9.17, 15) is 16.8 Å². The Morgan fingerprint density at radius 3 is 1.86 bits per heavy atom. The van der Waals surface area contributed by atoms with Gasteiger partial charge in [0.25, 0.3) is 10.0 Å². The molecule has 118 valence electrons. The van der Waals surface area contributed by atoms with Gasteiger partial charge in [-0.25, -0.2) is 16.8 Å². The number of anilines is 1. The number of nitrogens with one attached hydrogen (secondary N) is 1. The lowest BCUT2D eigenvalue weighted by atomic mass is 10.1. The highest BCUT2D eigenvalue weighted by Crippen LogP contribution is 2.21. The van der Waals surface area contributed by atoms with Crippen molar-refractivity contribution in [1.29, 1.82) is 0 Å². The number of benzene rings is 2. The molecule has 0 bridgehead atoms. The minimum Gasteiger partial charge on any atom is -0.279 e. The Kier molecular flexibility index (Phi) is 4.30. The number of hydrogen-bond donors (Lipinski definition) is 1. The van der Waals surface area contributed by atoms with E-state index in [2.05, 4.69) is 4.72 Å². The topological polar surface area (TPSA) is 80.3 Å². The SMILES string of the molecule is Cc1ccc(NS(=O)(=O)c2ccc(S(C)(=O)=O)cc2)c(C)c1. The standard InChI is InChI=1S/C15H17NO4S2/c1-11-4-9-15(12(2)10-11)16-22(19,20)14-7-5-13(6-8-14)21(3,17)18/h4-10,16H,1-3H3. The van der Waals surface area contributed by atoms with E-state index >= 15 is 0 Å². The zero-order valence-electron chi connectivity index (χ0n) is 12.5. The molecular formula is C15H17NO4S2. The van der Waals surface area contributed by atoms with Gasteiger partial charge in [-0.2, -0.15) is 0 Å². The quantitative estimate of drug-likeness (QED) is 0.928. The fraction of sp³-hybridized carbons (Fsp3) is 0.200. The van der Waals surface area contributed by atoms with Crippen LogP contribution in [0.5, 0.6) is 0 Å². The molecule has 1 N–H and O–H groups in total. The summed E-state index contributed by atoms with van der Waals surface area (Å²) in [5.74, 6) is 0. The van der Waals surface area contributed by atoms with E-state index in [1.54, 1.807) is 6.07 Å². The summed E-state index contributed by atoms with van der Waals surface area (Å²) in [6.45, 7) is 3.74. The molecule has 0 aliphatic rings. The van der Waals surface area contributed by atoms with Crippen LogP contribution in [0.4, 0.5) is 5.69 Å². The third kappa shape index (κ3) is 3.66. The van der Waals surface area contributed by atoms with Gasteiger partial charge in [0.15, 0.2) is 9.84 Å². The summed E-state index contributed by atoms with van der Waals surface area (Å²) < 4.78 is 50.0. The van der Waals surface area contributed by atoms with Gasteiger partial charge >= 0.3 is 0 Å². The maximum absolute atomic E-state index is 12.3. The highest BCUT2D eigenvalue weighted by atomic mass is 32.2. The highest BCUT2D eigenvalue weighted by Gasteiger charge is 2.16. The number of rotatable bonds is 4. The molecule has 7 heteroatoms. The van der Waals surface area contributed by atoms with E-state index in [1.807, 2.05) is 26.0 Å². The predicted octanol–water partition coefficient (Wildman–Crippen LogP) is 2.51. The Morgan fingerprint density at radius 1 is 0.818 bits per heavy atom. The summed E-state index contributed by atoms with van der Waals surface area (Å²) >= 11 is 0. The van der Waals surface area contributed by atoms with Crippen molar-refractivity contribution in [2.45, 2.75) is 23.6 Å². The fourth-order valence-electron chi connectivity index (χ4n) is 2.00. The molecule has 0 saturated carbocycles. The summed E-state index contributed by atoms with van der Waals surface area (Å²) in [5.41, 5.74) is 2.35. The lowest BCUT2D eigenvalue weighted by Gasteiger charge is -2.11. The Hall–Kier alpha value is -1.86. The smallest absolute Gasteiger partial charge is 0.261 e. The molecule has 0 aliphatic carbocycles. The van der Waals surface area contributed by atoms with Crippen molar-refractivity contribution in [1.82, 2.24) is 0 Å². The summed E-state index contributed by atoms with van der Waals surface area (Å²) in [6, 6.07) is 10.5. The van der Waals surface area contributed by atoms with Crippen LogP contribution in [0.15, 0.2) is 52.3 Å². The maximum atomic E-state index is 12.3. The largest absolute Gasteiger partial charge is 0.279 e. The Bertz CT molecular complexity index is 899. The first-order valence-electron chi connectivity index (χ1n) is 6.50. The fourth-order valence-corrected chi connectivity index (χ4v) is 3.76. The molecule has 2 rings (SSSR count). The number of aryl methyl sites for hydroxylation is 2. The third-order valence-corrected chi connectivity index (χ3v) is 5.70. The van der Waals surface area contributed by atoms with Crippen LogP contribution in [0.3, 0.4) is 0 Å². The van der Waals surface area contributed by atoms with Crippen molar-refractivity contribution in [3.05, 3.63) is 53.6 Å². The van der Waals surface area contributed by atoms with Crippen LogP contribution in [0.2, 0.25) is 0 Å². The van der Waals surface area contributed by atoms with Crippen molar-refractivity contribution in [2.24, 2.45) is 0 Å². The van der Waals surface area contributed by atoms with Gasteiger partial charge in [-0.1, -0.05) is 17.7 Å². The lowest BCUT2D eigenvalue weighted by molar-refractivity contribution is 0.597. The van der Waals surface area contributed by atoms with Gasteiger partial charge in [0.2, 0.25) is 0 Å². The van der Waals surface area contributed by atoms with E-state index in [0.717, 1.165) is 17.4 Å². The van der Waals surface area contributed by atoms with Crippen molar-refractivity contribution in [3.63, 3.8) is 0 Å². The molecule has 0 saturated heterocycles. The van der Waals surface area contributed by atoms with E-state index in [4.69, 9.17) is 0 Å². The van der Waals surface area contributed by atoms with Crippen LogP contribution in [0.25, 0.3) is 0 Å². The first-order valence-corrected chi connectivity index (χ1v) is 9.87. The molecule has 0 atom stereocenters. The second-order valence-electron chi connectivity index (χ2n) is 5.17. The second-order valence-corrected chi connectivity index (χ2v) is 8.87. The zero-order valence-corrected chi connectivity index (χ0v) is 14.1. The monoisotopic (exact) mass is 339 g/mol. The Morgan fingerprint density at radius 2 is 1.36 bits per heavy atom. The average molecular weight is 339 g/mol. The molecule has 0 heterocycles. The van der Waals surface area contributed by atoms with Gasteiger partial charge in [-0.05, 0) is 49.7 Å². The highest BCUT2D eigenvalue weighted by molar-refractivity contribution is 7.92. The molecule has 2 aromatic carbocycles.